The second-order valence-electron chi connectivity index (χ2n) is 6.38. The second-order valence-corrected chi connectivity index (χ2v) is 6.38. The lowest BCUT2D eigenvalue weighted by Crippen LogP contribution is -2.31. The molecule has 0 bridgehead atoms. The number of nitrogens with one attached hydrogen (secondary N) is 2. The minimum Gasteiger partial charge on any atom is -0.490 e. The summed E-state index contributed by atoms with van der Waals surface area (Å²) in [5.74, 6) is 0.482. The van der Waals surface area contributed by atoms with E-state index in [9.17, 15) is 14.9 Å². The van der Waals surface area contributed by atoms with Crippen LogP contribution in [0.2, 0.25) is 0 Å². The first-order valence-electron chi connectivity index (χ1n) is 8.94. The molecule has 8 heteroatoms. The number of nitro benzene ring substituents is 1. The third-order valence-corrected chi connectivity index (χ3v) is 4.42. The lowest BCUT2D eigenvalue weighted by atomic mass is 10.0. The molecule has 0 aliphatic rings. The van der Waals surface area contributed by atoms with Crippen LogP contribution in [-0.2, 0) is 4.79 Å². The molecular weight excluding hydrogens is 374 g/mol. The van der Waals surface area contributed by atoms with Crippen molar-refractivity contribution in [3.05, 3.63) is 87.9 Å². The van der Waals surface area contributed by atoms with Crippen LogP contribution in [0.5, 0.6) is 5.75 Å². The largest absolute Gasteiger partial charge is 0.490 e. The van der Waals surface area contributed by atoms with E-state index in [4.69, 9.17) is 9.15 Å². The van der Waals surface area contributed by atoms with Gasteiger partial charge in [0.15, 0.2) is 5.75 Å². The van der Waals surface area contributed by atoms with Gasteiger partial charge in [-0.05, 0) is 30.2 Å². The van der Waals surface area contributed by atoms with Gasteiger partial charge < -0.3 is 14.5 Å². The van der Waals surface area contributed by atoms with Crippen molar-refractivity contribution in [1.82, 2.24) is 5.32 Å². The van der Waals surface area contributed by atoms with Gasteiger partial charge in [0.1, 0.15) is 5.76 Å². The SMILES string of the molecule is COc1cc(NC(=O)CN[C@H](c2ccccc2)c2ccco2)c(C)cc1[N+](=O)[O-]. The maximum Gasteiger partial charge on any atom is 0.311 e. The van der Waals surface area contributed by atoms with Gasteiger partial charge in [0, 0.05) is 17.8 Å². The number of anilines is 1. The zero-order valence-electron chi connectivity index (χ0n) is 16.0. The molecule has 0 radical (unpaired) electrons. The Morgan fingerprint density at radius 3 is 2.59 bits per heavy atom. The minimum absolute atomic E-state index is 0.0129. The van der Waals surface area contributed by atoms with E-state index in [2.05, 4.69) is 10.6 Å². The Morgan fingerprint density at radius 1 is 1.21 bits per heavy atom. The molecule has 0 fully saturated rings. The topological polar surface area (TPSA) is 107 Å². The summed E-state index contributed by atoms with van der Waals surface area (Å²) < 4.78 is 10.6. The average Bonchev–Trinajstić information content (AvgIpc) is 3.24. The lowest BCUT2D eigenvalue weighted by molar-refractivity contribution is -0.385. The Morgan fingerprint density at radius 2 is 1.97 bits per heavy atom. The number of nitro groups is 1. The van der Waals surface area contributed by atoms with E-state index in [1.807, 2.05) is 36.4 Å². The molecule has 0 aliphatic heterocycles. The number of furan rings is 1. The fraction of sp³-hybridized carbons (Fsp3) is 0.190. The molecule has 1 heterocycles. The van der Waals surface area contributed by atoms with Crippen LogP contribution in [0.4, 0.5) is 11.4 Å². The van der Waals surface area contributed by atoms with Crippen LogP contribution in [0.15, 0.2) is 65.3 Å². The first-order chi connectivity index (χ1) is 14.0. The van der Waals surface area contributed by atoms with Gasteiger partial charge >= 0.3 is 5.69 Å². The highest BCUT2D eigenvalue weighted by molar-refractivity contribution is 5.93. The first kappa shape index (κ1) is 20.1. The van der Waals surface area contributed by atoms with Gasteiger partial charge in [-0.25, -0.2) is 0 Å². The summed E-state index contributed by atoms with van der Waals surface area (Å²) in [6.45, 7) is 1.70. The van der Waals surface area contributed by atoms with E-state index in [1.54, 1.807) is 19.3 Å². The fourth-order valence-corrected chi connectivity index (χ4v) is 2.99. The number of nitrogens with zero attached hydrogens (tertiary/aromatic N) is 1. The number of carbonyl (C=O) groups excluding carboxylic acids is 1. The standard InChI is InChI=1S/C21H21N3O5/c1-14-11-17(24(26)27)19(28-2)12-16(14)23-20(25)13-22-21(18-9-6-10-29-18)15-7-4-3-5-8-15/h3-12,21-22H,13H2,1-2H3,(H,23,25)/t21-/m1/s1. The lowest BCUT2D eigenvalue weighted by Gasteiger charge is -2.17. The van der Waals surface area contributed by atoms with Crippen molar-refractivity contribution in [3.63, 3.8) is 0 Å². The van der Waals surface area contributed by atoms with Crippen LogP contribution >= 0.6 is 0 Å². The summed E-state index contributed by atoms with van der Waals surface area (Å²) >= 11 is 0. The van der Waals surface area contributed by atoms with Crippen molar-refractivity contribution in [2.24, 2.45) is 0 Å². The summed E-state index contributed by atoms with van der Waals surface area (Å²) in [5, 5.41) is 17.1. The zero-order valence-corrected chi connectivity index (χ0v) is 16.0. The molecule has 0 saturated carbocycles. The summed E-state index contributed by atoms with van der Waals surface area (Å²) in [4.78, 5) is 23.1. The minimum atomic E-state index is -0.521. The predicted octanol–water partition coefficient (Wildman–Crippen LogP) is 3.82. The second kappa shape index (κ2) is 9.03. The van der Waals surface area contributed by atoms with Crippen molar-refractivity contribution < 1.29 is 18.9 Å². The van der Waals surface area contributed by atoms with E-state index >= 15 is 0 Å². The normalized spacial score (nSPS) is 11.7. The van der Waals surface area contributed by atoms with E-state index in [0.717, 1.165) is 5.56 Å². The summed E-state index contributed by atoms with van der Waals surface area (Å²) in [7, 11) is 1.35. The van der Waals surface area contributed by atoms with E-state index in [1.165, 1.54) is 19.2 Å². The molecule has 2 aromatic carbocycles. The van der Waals surface area contributed by atoms with Gasteiger partial charge in [0.2, 0.25) is 5.91 Å². The molecule has 8 nitrogen and oxygen atoms in total. The third kappa shape index (κ3) is 4.80. The molecule has 1 amide bonds. The molecule has 29 heavy (non-hydrogen) atoms. The monoisotopic (exact) mass is 395 g/mol. The van der Waals surface area contributed by atoms with Gasteiger partial charge in [0.25, 0.3) is 0 Å². The molecule has 3 aromatic rings. The van der Waals surface area contributed by atoms with Crippen LogP contribution in [0.25, 0.3) is 0 Å². The molecule has 0 unspecified atom stereocenters. The number of hydrogen-bond acceptors (Lipinski definition) is 6. The van der Waals surface area contributed by atoms with Crippen molar-refractivity contribution >= 4 is 17.3 Å². The molecule has 2 N–H and O–H groups in total. The van der Waals surface area contributed by atoms with Gasteiger partial charge in [-0.15, -0.1) is 0 Å². The molecule has 3 rings (SSSR count). The van der Waals surface area contributed by atoms with Gasteiger partial charge in [-0.2, -0.15) is 0 Å². The van der Waals surface area contributed by atoms with E-state index < -0.39 is 4.92 Å². The smallest absolute Gasteiger partial charge is 0.311 e. The van der Waals surface area contributed by atoms with Crippen LogP contribution < -0.4 is 15.4 Å². The van der Waals surface area contributed by atoms with E-state index in [-0.39, 0.29) is 29.9 Å². The van der Waals surface area contributed by atoms with Crippen molar-refractivity contribution in [2.75, 3.05) is 19.0 Å². The number of benzene rings is 2. The Hall–Kier alpha value is -3.65. The van der Waals surface area contributed by atoms with Crippen molar-refractivity contribution in [3.8, 4) is 5.75 Å². The highest BCUT2D eigenvalue weighted by Crippen LogP contribution is 2.32. The van der Waals surface area contributed by atoms with E-state index in [0.29, 0.717) is 17.0 Å². The first-order valence-corrected chi connectivity index (χ1v) is 8.94. The number of aryl methyl sites for hydroxylation is 1. The summed E-state index contributed by atoms with van der Waals surface area (Å²) in [5.41, 5.74) is 1.83. The molecule has 1 aromatic heterocycles. The van der Waals surface area contributed by atoms with Crippen LogP contribution in [0, 0.1) is 17.0 Å². The average molecular weight is 395 g/mol. The van der Waals surface area contributed by atoms with Crippen LogP contribution in [0.1, 0.15) is 22.9 Å². The van der Waals surface area contributed by atoms with Crippen molar-refractivity contribution in [2.45, 2.75) is 13.0 Å². The Balaban J connectivity index is 1.72. The number of rotatable bonds is 8. The molecule has 0 spiro atoms. The number of methoxy groups -OCH3 is 1. The van der Waals surface area contributed by atoms with Gasteiger partial charge in [0.05, 0.1) is 30.9 Å². The number of carbonyl (C=O) groups is 1. The Kier molecular flexibility index (Phi) is 6.25. The predicted molar refractivity (Wildman–Crippen MR) is 108 cm³/mol. The molecule has 150 valence electrons. The Bertz CT molecular complexity index is 987. The third-order valence-electron chi connectivity index (χ3n) is 4.42. The number of amides is 1. The van der Waals surface area contributed by atoms with Gasteiger partial charge in [-0.3, -0.25) is 20.2 Å². The Labute approximate surface area is 167 Å². The number of ether oxygens (including phenoxy) is 1. The van der Waals surface area contributed by atoms with Crippen LogP contribution in [0.3, 0.4) is 0 Å². The molecule has 0 saturated heterocycles. The van der Waals surface area contributed by atoms with Crippen LogP contribution in [-0.4, -0.2) is 24.5 Å². The zero-order chi connectivity index (χ0) is 20.8. The maximum atomic E-state index is 12.5. The fourth-order valence-electron chi connectivity index (χ4n) is 2.99. The van der Waals surface area contributed by atoms with Gasteiger partial charge in [-0.1, -0.05) is 30.3 Å². The summed E-state index contributed by atoms with van der Waals surface area (Å²) in [6.07, 6.45) is 1.58. The molecular formula is C21H21N3O5. The molecule has 0 aliphatic carbocycles. The summed E-state index contributed by atoms with van der Waals surface area (Å²) in [6, 6.07) is 15.8. The quantitative estimate of drug-likeness (QED) is 0.444. The maximum absolute atomic E-state index is 12.5. The number of hydrogen-bond donors (Lipinski definition) is 2. The highest BCUT2D eigenvalue weighted by Gasteiger charge is 2.20. The highest BCUT2D eigenvalue weighted by atomic mass is 16.6. The van der Waals surface area contributed by atoms with Crippen molar-refractivity contribution in [1.29, 1.82) is 0 Å². The molecule has 1 atom stereocenters.